The molecule has 2 heterocycles. The lowest BCUT2D eigenvalue weighted by Crippen LogP contribution is -2.32. The molecule has 0 amide bonds. The monoisotopic (exact) mass is 224 g/mol. The maximum absolute atomic E-state index is 5.85. The number of hydrogen-bond acceptors (Lipinski definition) is 4. The molecule has 0 unspecified atom stereocenters. The van der Waals surface area contributed by atoms with Gasteiger partial charge in [0, 0.05) is 6.04 Å². The minimum Gasteiger partial charge on any atom is -0.370 e. The van der Waals surface area contributed by atoms with E-state index in [2.05, 4.69) is 33.9 Å². The van der Waals surface area contributed by atoms with Crippen molar-refractivity contribution in [3.05, 3.63) is 12.2 Å². The molecule has 5 nitrogen and oxygen atoms in total. The molecular weight excluding hydrogens is 204 g/mol. The highest BCUT2D eigenvalue weighted by molar-refractivity contribution is 4.86. The summed E-state index contributed by atoms with van der Waals surface area (Å²) >= 11 is 0. The average Bonchev–Trinajstić information content (AvgIpc) is 2.76. The fourth-order valence-corrected chi connectivity index (χ4v) is 1.96. The van der Waals surface area contributed by atoms with Gasteiger partial charge in [-0.25, -0.2) is 0 Å². The molecule has 1 aliphatic rings. The van der Waals surface area contributed by atoms with Gasteiger partial charge in [0.05, 0.1) is 6.10 Å². The van der Waals surface area contributed by atoms with Crippen molar-refractivity contribution in [2.45, 2.75) is 45.4 Å². The van der Waals surface area contributed by atoms with Gasteiger partial charge in [0.1, 0.15) is 12.9 Å². The van der Waals surface area contributed by atoms with Crippen molar-refractivity contribution in [2.75, 3.05) is 13.1 Å². The molecule has 1 fully saturated rings. The third-order valence-corrected chi connectivity index (χ3v) is 2.94. The van der Waals surface area contributed by atoms with E-state index in [1.165, 1.54) is 0 Å². The van der Waals surface area contributed by atoms with E-state index in [9.17, 15) is 0 Å². The fraction of sp³-hybridized carbons (Fsp3) is 0.818. The van der Waals surface area contributed by atoms with Crippen LogP contribution in [0.25, 0.3) is 0 Å². The van der Waals surface area contributed by atoms with Crippen molar-refractivity contribution >= 4 is 0 Å². The minimum absolute atomic E-state index is 0.374. The molecule has 1 aromatic heterocycles. The quantitative estimate of drug-likeness (QED) is 0.833. The maximum Gasteiger partial charge on any atom is 0.159 e. The third-order valence-electron chi connectivity index (χ3n) is 2.94. The van der Waals surface area contributed by atoms with Crippen LogP contribution in [0.4, 0.5) is 0 Å². The van der Waals surface area contributed by atoms with Crippen LogP contribution in [0.15, 0.2) is 6.33 Å². The van der Waals surface area contributed by atoms with E-state index in [0.29, 0.717) is 18.8 Å². The second kappa shape index (κ2) is 5.41. The number of piperidine rings is 1. The molecule has 0 aromatic carbocycles. The highest BCUT2D eigenvalue weighted by Gasteiger charge is 2.15. The number of rotatable bonds is 4. The Hall–Kier alpha value is -0.940. The topological polar surface area (TPSA) is 52.0 Å². The van der Waals surface area contributed by atoms with Crippen LogP contribution >= 0.6 is 0 Å². The Balaban J connectivity index is 1.86. The van der Waals surface area contributed by atoms with Crippen molar-refractivity contribution in [3.63, 3.8) is 0 Å². The summed E-state index contributed by atoms with van der Waals surface area (Å²) in [6, 6.07) is 0.390. The molecule has 5 heteroatoms. The molecule has 0 radical (unpaired) electrons. The Morgan fingerprint density at radius 2 is 2.25 bits per heavy atom. The molecule has 0 spiro atoms. The van der Waals surface area contributed by atoms with Crippen molar-refractivity contribution in [2.24, 2.45) is 0 Å². The normalized spacial score (nSPS) is 18.2. The first-order chi connectivity index (χ1) is 7.77. The summed E-state index contributed by atoms with van der Waals surface area (Å²) in [5.41, 5.74) is 0. The molecule has 16 heavy (non-hydrogen) atoms. The Kier molecular flexibility index (Phi) is 3.90. The largest absolute Gasteiger partial charge is 0.370 e. The van der Waals surface area contributed by atoms with Gasteiger partial charge in [-0.1, -0.05) is 0 Å². The van der Waals surface area contributed by atoms with Gasteiger partial charge >= 0.3 is 0 Å². The number of nitrogens with zero attached hydrogens (tertiary/aromatic N) is 3. The third kappa shape index (κ3) is 2.80. The Bertz CT molecular complexity index is 318. The van der Waals surface area contributed by atoms with Gasteiger partial charge in [-0.15, -0.1) is 10.2 Å². The molecule has 0 aliphatic carbocycles. The number of nitrogens with one attached hydrogen (secondary N) is 1. The average molecular weight is 224 g/mol. The van der Waals surface area contributed by atoms with E-state index in [1.54, 1.807) is 6.33 Å². The highest BCUT2D eigenvalue weighted by Crippen LogP contribution is 2.12. The van der Waals surface area contributed by atoms with Gasteiger partial charge in [-0.05, 0) is 39.8 Å². The smallest absolute Gasteiger partial charge is 0.159 e. The second-order valence-corrected chi connectivity index (χ2v) is 4.51. The van der Waals surface area contributed by atoms with Crippen molar-refractivity contribution in [3.8, 4) is 0 Å². The first kappa shape index (κ1) is 11.5. The molecule has 0 atom stereocenters. The zero-order valence-corrected chi connectivity index (χ0v) is 10.0. The molecule has 1 saturated heterocycles. The predicted octanol–water partition coefficient (Wildman–Crippen LogP) is 1.13. The van der Waals surface area contributed by atoms with Crippen LogP contribution in [0, 0.1) is 0 Å². The van der Waals surface area contributed by atoms with Gasteiger partial charge in [-0.2, -0.15) is 0 Å². The molecule has 0 saturated carbocycles. The molecule has 1 N–H and O–H groups in total. The Morgan fingerprint density at radius 1 is 1.50 bits per heavy atom. The lowest BCUT2D eigenvalue weighted by atomic mass is 10.1. The molecule has 1 aliphatic heterocycles. The molecular formula is C11H20N4O. The van der Waals surface area contributed by atoms with E-state index in [-0.39, 0.29) is 0 Å². The standard InChI is InChI=1S/C11H20N4O/c1-9(2)15-8-13-14-11(15)7-16-10-3-5-12-6-4-10/h8-10,12H,3-7H2,1-2H3. The van der Waals surface area contributed by atoms with E-state index in [4.69, 9.17) is 4.74 Å². The van der Waals surface area contributed by atoms with Crippen LogP contribution in [0.1, 0.15) is 38.6 Å². The fourth-order valence-electron chi connectivity index (χ4n) is 1.96. The lowest BCUT2D eigenvalue weighted by Gasteiger charge is -2.23. The first-order valence-corrected chi connectivity index (χ1v) is 5.98. The SMILES string of the molecule is CC(C)n1cnnc1COC1CCNCC1. The maximum atomic E-state index is 5.85. The lowest BCUT2D eigenvalue weighted by molar-refractivity contribution is 0.0160. The predicted molar refractivity (Wildman–Crippen MR) is 61.1 cm³/mol. The summed E-state index contributed by atoms with van der Waals surface area (Å²) in [5.74, 6) is 0.925. The summed E-state index contributed by atoms with van der Waals surface area (Å²) in [6.45, 7) is 6.93. The Morgan fingerprint density at radius 3 is 2.94 bits per heavy atom. The number of hydrogen-bond donors (Lipinski definition) is 1. The summed E-state index contributed by atoms with van der Waals surface area (Å²) < 4.78 is 7.91. The summed E-state index contributed by atoms with van der Waals surface area (Å²) in [7, 11) is 0. The second-order valence-electron chi connectivity index (χ2n) is 4.51. The van der Waals surface area contributed by atoms with Gasteiger partial charge in [0.2, 0.25) is 0 Å². The van der Waals surface area contributed by atoms with Gasteiger partial charge < -0.3 is 14.6 Å². The molecule has 0 bridgehead atoms. The molecule has 2 rings (SSSR count). The van der Waals surface area contributed by atoms with Crippen LogP contribution in [0.2, 0.25) is 0 Å². The van der Waals surface area contributed by atoms with Crippen LogP contribution in [0.5, 0.6) is 0 Å². The van der Waals surface area contributed by atoms with Crippen LogP contribution in [-0.4, -0.2) is 34.0 Å². The van der Waals surface area contributed by atoms with Crippen molar-refractivity contribution < 1.29 is 4.74 Å². The first-order valence-electron chi connectivity index (χ1n) is 5.98. The van der Waals surface area contributed by atoms with Crippen molar-refractivity contribution in [1.82, 2.24) is 20.1 Å². The highest BCUT2D eigenvalue weighted by atomic mass is 16.5. The van der Waals surface area contributed by atoms with Gasteiger partial charge in [0.25, 0.3) is 0 Å². The number of aromatic nitrogens is 3. The van der Waals surface area contributed by atoms with Crippen LogP contribution in [-0.2, 0) is 11.3 Å². The van der Waals surface area contributed by atoms with E-state index < -0.39 is 0 Å². The van der Waals surface area contributed by atoms with Crippen LogP contribution < -0.4 is 5.32 Å². The zero-order chi connectivity index (χ0) is 11.4. The van der Waals surface area contributed by atoms with Crippen molar-refractivity contribution in [1.29, 1.82) is 0 Å². The summed E-state index contributed by atoms with van der Waals surface area (Å²) in [6.07, 6.45) is 4.33. The zero-order valence-electron chi connectivity index (χ0n) is 10.0. The molecule has 90 valence electrons. The van der Waals surface area contributed by atoms with E-state index in [1.807, 2.05) is 0 Å². The van der Waals surface area contributed by atoms with Gasteiger partial charge in [-0.3, -0.25) is 0 Å². The van der Waals surface area contributed by atoms with Gasteiger partial charge in [0.15, 0.2) is 5.82 Å². The van der Waals surface area contributed by atoms with Crippen LogP contribution in [0.3, 0.4) is 0 Å². The Labute approximate surface area is 96.2 Å². The minimum atomic E-state index is 0.374. The summed E-state index contributed by atoms with van der Waals surface area (Å²) in [4.78, 5) is 0. The molecule has 1 aromatic rings. The number of ether oxygens (including phenoxy) is 1. The van der Waals surface area contributed by atoms with E-state index in [0.717, 1.165) is 31.8 Å². The van der Waals surface area contributed by atoms with E-state index >= 15 is 0 Å². The summed E-state index contributed by atoms with van der Waals surface area (Å²) in [5, 5.41) is 11.3.